The number of carbonyl (C=O) groups is 1. The van der Waals surface area contributed by atoms with E-state index in [0.29, 0.717) is 12.4 Å². The number of ether oxygens (including phenoxy) is 2. The molecule has 1 fully saturated rings. The fourth-order valence-corrected chi connectivity index (χ4v) is 3.92. The molecule has 1 aliphatic rings. The monoisotopic (exact) mass is 412 g/mol. The Balaban J connectivity index is 1.40. The van der Waals surface area contributed by atoms with Crippen LogP contribution >= 0.6 is 0 Å². The molecule has 0 saturated heterocycles. The van der Waals surface area contributed by atoms with E-state index < -0.39 is 0 Å². The summed E-state index contributed by atoms with van der Waals surface area (Å²) in [5, 5.41) is 13.6. The van der Waals surface area contributed by atoms with Crippen molar-refractivity contribution >= 4 is 23.2 Å². The molecule has 0 aliphatic heterocycles. The Labute approximate surface area is 175 Å². The van der Waals surface area contributed by atoms with Crippen molar-refractivity contribution in [2.75, 3.05) is 12.4 Å². The van der Waals surface area contributed by atoms with Crippen molar-refractivity contribution in [1.82, 2.24) is 24.9 Å². The predicted molar refractivity (Wildman–Crippen MR) is 113 cm³/mol. The van der Waals surface area contributed by atoms with Gasteiger partial charge in [0.05, 0.1) is 12.1 Å². The van der Waals surface area contributed by atoms with Crippen LogP contribution in [0.4, 0.5) is 16.4 Å². The number of hydrogen-bond donors (Lipinski definition) is 3. The molecular weight excluding hydrogens is 384 g/mol. The Morgan fingerprint density at radius 1 is 1.37 bits per heavy atom. The summed E-state index contributed by atoms with van der Waals surface area (Å²) < 4.78 is 12.8. The normalized spacial score (nSPS) is 18.8. The molecule has 0 radical (unpaired) electrons. The maximum atomic E-state index is 11.8. The lowest BCUT2D eigenvalue weighted by molar-refractivity contribution is 0.0981. The van der Waals surface area contributed by atoms with Crippen LogP contribution in [0.5, 0.6) is 0 Å². The fraction of sp³-hybridized carbons (Fsp3) is 0.476. The molecule has 4 rings (SSSR count). The second kappa shape index (κ2) is 8.74. The molecule has 0 aromatic carbocycles. The van der Waals surface area contributed by atoms with E-state index in [1.807, 2.05) is 42.8 Å². The minimum absolute atomic E-state index is 0.0659. The third kappa shape index (κ3) is 4.56. The first-order valence-corrected chi connectivity index (χ1v) is 10.3. The van der Waals surface area contributed by atoms with Gasteiger partial charge in [0.2, 0.25) is 0 Å². The first kappa shape index (κ1) is 20.2. The lowest BCUT2D eigenvalue weighted by Gasteiger charge is -2.14. The smallest absolute Gasteiger partial charge is 0.407 e. The van der Waals surface area contributed by atoms with Gasteiger partial charge < -0.3 is 24.5 Å². The number of nitrogens with zero attached hydrogens (tertiary/aromatic N) is 3. The van der Waals surface area contributed by atoms with E-state index in [-0.39, 0.29) is 24.2 Å². The summed E-state index contributed by atoms with van der Waals surface area (Å²) in [6.07, 6.45) is 7.87. The molecule has 9 nitrogen and oxygen atoms in total. The summed E-state index contributed by atoms with van der Waals surface area (Å²) in [5.74, 6) is 1.73. The predicted octanol–water partition coefficient (Wildman–Crippen LogP) is 3.72. The molecule has 160 valence electrons. The van der Waals surface area contributed by atoms with Gasteiger partial charge in [-0.2, -0.15) is 5.10 Å². The summed E-state index contributed by atoms with van der Waals surface area (Å²) >= 11 is 0. The highest BCUT2D eigenvalue weighted by Gasteiger charge is 2.30. The van der Waals surface area contributed by atoms with Gasteiger partial charge in [-0.05, 0) is 44.7 Å². The van der Waals surface area contributed by atoms with E-state index in [1.54, 1.807) is 13.3 Å². The molecule has 30 heavy (non-hydrogen) atoms. The second-order valence-corrected chi connectivity index (χ2v) is 8.02. The zero-order valence-corrected chi connectivity index (χ0v) is 17.5. The van der Waals surface area contributed by atoms with Crippen molar-refractivity contribution in [3.63, 3.8) is 0 Å². The lowest BCUT2D eigenvalue weighted by atomic mass is 10.0. The molecule has 3 aromatic heterocycles. The molecule has 3 aromatic rings. The summed E-state index contributed by atoms with van der Waals surface area (Å²) in [6.45, 7) is 4.38. The molecule has 1 saturated carbocycles. The van der Waals surface area contributed by atoms with Crippen LogP contribution in [0.1, 0.15) is 50.3 Å². The van der Waals surface area contributed by atoms with Crippen LogP contribution in [0.25, 0.3) is 5.52 Å². The van der Waals surface area contributed by atoms with Gasteiger partial charge in [-0.15, -0.1) is 0 Å². The largest absolute Gasteiger partial charge is 0.446 e. The van der Waals surface area contributed by atoms with Crippen molar-refractivity contribution < 1.29 is 14.3 Å². The van der Waals surface area contributed by atoms with Crippen LogP contribution in [0, 0.1) is 0 Å². The highest BCUT2D eigenvalue weighted by molar-refractivity contribution is 5.73. The Hall–Kier alpha value is -3.07. The van der Waals surface area contributed by atoms with Crippen molar-refractivity contribution in [1.29, 1.82) is 0 Å². The molecule has 0 spiro atoms. The second-order valence-electron chi connectivity index (χ2n) is 8.02. The number of aromatic amines is 1. The third-order valence-electron chi connectivity index (χ3n) is 5.24. The molecule has 0 bridgehead atoms. The van der Waals surface area contributed by atoms with Gasteiger partial charge in [-0.25, -0.2) is 9.78 Å². The molecule has 3 N–H and O–H groups in total. The van der Waals surface area contributed by atoms with E-state index in [0.717, 1.165) is 41.9 Å². The van der Waals surface area contributed by atoms with Crippen molar-refractivity contribution in [3.8, 4) is 0 Å². The van der Waals surface area contributed by atoms with E-state index >= 15 is 0 Å². The van der Waals surface area contributed by atoms with Crippen LogP contribution in [0.2, 0.25) is 0 Å². The highest BCUT2D eigenvalue weighted by atomic mass is 16.6. The molecule has 3 heterocycles. The Bertz CT molecular complexity index is 1010. The van der Waals surface area contributed by atoms with Crippen molar-refractivity contribution in [3.05, 3.63) is 42.0 Å². The number of rotatable bonds is 7. The van der Waals surface area contributed by atoms with E-state index in [9.17, 15) is 4.79 Å². The first-order chi connectivity index (χ1) is 14.5. The SMILES string of the molecule is COCc1cc2c(Nc3cc([C@@H]4CC[C@H](OC(=O)NC(C)C)C4)[nH]n3)nccn2c1. The van der Waals surface area contributed by atoms with Gasteiger partial charge in [-0.1, -0.05) is 0 Å². The minimum Gasteiger partial charge on any atom is -0.446 e. The number of aromatic nitrogens is 4. The maximum absolute atomic E-state index is 11.8. The Morgan fingerprint density at radius 3 is 3.03 bits per heavy atom. The zero-order chi connectivity index (χ0) is 21.1. The Kier molecular flexibility index (Phi) is 5.89. The number of H-pyrrole nitrogens is 1. The number of nitrogens with one attached hydrogen (secondary N) is 3. The van der Waals surface area contributed by atoms with Gasteiger partial charge in [0.15, 0.2) is 11.6 Å². The van der Waals surface area contributed by atoms with Gasteiger partial charge >= 0.3 is 6.09 Å². The summed E-state index contributed by atoms with van der Waals surface area (Å²) in [6, 6.07) is 4.12. The number of anilines is 2. The third-order valence-corrected chi connectivity index (χ3v) is 5.24. The number of alkyl carbamates (subject to hydrolysis) is 1. The van der Waals surface area contributed by atoms with Gasteiger partial charge in [0.1, 0.15) is 6.10 Å². The number of fused-ring (bicyclic) bond motifs is 1. The molecular formula is C21H28N6O3. The number of methoxy groups -OCH3 is 1. The van der Waals surface area contributed by atoms with Crippen LogP contribution in [0.3, 0.4) is 0 Å². The topological polar surface area (TPSA) is 106 Å². The maximum Gasteiger partial charge on any atom is 0.407 e. The average Bonchev–Trinajstić information content (AvgIpc) is 3.41. The summed E-state index contributed by atoms with van der Waals surface area (Å²) in [7, 11) is 1.68. The van der Waals surface area contributed by atoms with Crippen LogP contribution in [0.15, 0.2) is 30.7 Å². The summed E-state index contributed by atoms with van der Waals surface area (Å²) in [5.41, 5.74) is 3.07. The van der Waals surface area contributed by atoms with Crippen LogP contribution in [-0.2, 0) is 16.1 Å². The van der Waals surface area contributed by atoms with Gasteiger partial charge in [-0.3, -0.25) is 5.10 Å². The molecule has 2 atom stereocenters. The van der Waals surface area contributed by atoms with E-state index in [2.05, 4.69) is 25.8 Å². The zero-order valence-electron chi connectivity index (χ0n) is 17.5. The number of amides is 1. The molecule has 0 unspecified atom stereocenters. The highest BCUT2D eigenvalue weighted by Crippen LogP contribution is 2.36. The van der Waals surface area contributed by atoms with Crippen LogP contribution < -0.4 is 10.6 Å². The number of hydrogen-bond acceptors (Lipinski definition) is 6. The standard InChI is InChI=1S/C21H28N6O3/c1-13(2)23-21(28)30-16-5-4-15(9-16)17-10-19(26-25-17)24-20-18-8-14(12-29-3)11-27(18)7-6-22-20/h6-8,10-11,13,15-16H,4-5,9,12H2,1-3H3,(H,23,28)(H2,22,24,25,26)/t15-,16+/m1/s1. The molecule has 1 amide bonds. The molecule has 1 aliphatic carbocycles. The number of carbonyl (C=O) groups excluding carboxylic acids is 1. The van der Waals surface area contributed by atoms with Gasteiger partial charge in [0, 0.05) is 49.4 Å². The summed E-state index contributed by atoms with van der Waals surface area (Å²) in [4.78, 5) is 16.3. The lowest BCUT2D eigenvalue weighted by Crippen LogP contribution is -2.33. The van der Waals surface area contributed by atoms with Gasteiger partial charge in [0.25, 0.3) is 0 Å². The van der Waals surface area contributed by atoms with Crippen LogP contribution in [-0.4, -0.2) is 44.9 Å². The first-order valence-electron chi connectivity index (χ1n) is 10.3. The Morgan fingerprint density at radius 2 is 2.23 bits per heavy atom. The van der Waals surface area contributed by atoms with E-state index in [1.165, 1.54) is 0 Å². The van der Waals surface area contributed by atoms with Crippen molar-refractivity contribution in [2.24, 2.45) is 0 Å². The quantitative estimate of drug-likeness (QED) is 0.546. The van der Waals surface area contributed by atoms with Crippen molar-refractivity contribution in [2.45, 2.75) is 57.8 Å². The van der Waals surface area contributed by atoms with E-state index in [4.69, 9.17) is 9.47 Å². The molecule has 9 heteroatoms. The fourth-order valence-electron chi connectivity index (χ4n) is 3.92. The minimum atomic E-state index is -0.346. The average molecular weight is 412 g/mol.